The molecule has 2 fully saturated rings. The Hall–Kier alpha value is -0.840. The molecule has 0 aromatic heterocycles. The van der Waals surface area contributed by atoms with Crippen LogP contribution in [0.25, 0.3) is 0 Å². The summed E-state index contributed by atoms with van der Waals surface area (Å²) in [5.74, 6) is 1.21. The third-order valence-electron chi connectivity index (χ3n) is 5.11. The Morgan fingerprint density at radius 3 is 2.07 bits per heavy atom. The summed E-state index contributed by atoms with van der Waals surface area (Å²) in [5.41, 5.74) is 1.13. The molecule has 0 bridgehead atoms. The maximum Gasteiger partial charge on any atom is 0.282 e. The molecule has 2 aliphatic heterocycles. The zero-order valence-electron chi connectivity index (χ0n) is 16.1. The van der Waals surface area contributed by atoms with E-state index in [9.17, 15) is 13.2 Å². The lowest BCUT2D eigenvalue weighted by molar-refractivity contribution is -0.129. The van der Waals surface area contributed by atoms with Crippen molar-refractivity contribution in [2.45, 2.75) is 5.75 Å². The summed E-state index contributed by atoms with van der Waals surface area (Å²) >= 11 is 7.44. The predicted molar refractivity (Wildman–Crippen MR) is 114 cm³/mol. The number of carbonyl (C=O) groups excluding carboxylic acids is 1. The Labute approximate surface area is 176 Å². The largest absolute Gasteiger partial charge is 0.339 e. The summed E-state index contributed by atoms with van der Waals surface area (Å²) in [6.07, 6.45) is 0. The molecule has 0 saturated carbocycles. The van der Waals surface area contributed by atoms with Gasteiger partial charge in [-0.05, 0) is 24.7 Å². The van der Waals surface area contributed by atoms with Gasteiger partial charge >= 0.3 is 0 Å². The summed E-state index contributed by atoms with van der Waals surface area (Å²) in [5, 5.41) is 0.703. The monoisotopic (exact) mass is 446 g/mol. The van der Waals surface area contributed by atoms with Crippen LogP contribution in [0, 0.1) is 0 Å². The lowest BCUT2D eigenvalue weighted by Crippen LogP contribution is -2.57. The number of amides is 1. The Bertz CT molecular complexity index is 760. The maximum absolute atomic E-state index is 12.8. The van der Waals surface area contributed by atoms with Gasteiger partial charge in [-0.3, -0.25) is 4.79 Å². The molecule has 0 aliphatic carbocycles. The Balaban J connectivity index is 1.42. The van der Waals surface area contributed by atoms with Crippen molar-refractivity contribution < 1.29 is 13.2 Å². The van der Waals surface area contributed by atoms with Gasteiger partial charge in [0, 0.05) is 63.1 Å². The van der Waals surface area contributed by atoms with Crippen LogP contribution in [-0.4, -0.2) is 97.9 Å². The molecule has 0 unspecified atom stereocenters. The number of hydrogen-bond donors (Lipinski definition) is 0. The first-order valence-electron chi connectivity index (χ1n) is 9.40. The standard InChI is InChI=1S/C18H27ClN4O3S2/c1-20-6-10-22(11-7-20)28(25,26)23-12-8-21(9-13-23)18(24)15-27-14-16-2-4-17(19)5-3-16/h2-5H,6-15H2,1H3. The minimum absolute atomic E-state index is 0.0654. The van der Waals surface area contributed by atoms with Gasteiger partial charge in [0.05, 0.1) is 5.75 Å². The third kappa shape index (κ3) is 5.61. The summed E-state index contributed by atoms with van der Waals surface area (Å²) in [7, 11) is -1.43. The van der Waals surface area contributed by atoms with Gasteiger partial charge in [-0.15, -0.1) is 11.8 Å². The van der Waals surface area contributed by atoms with Crippen molar-refractivity contribution in [2.24, 2.45) is 0 Å². The minimum Gasteiger partial charge on any atom is -0.339 e. The van der Waals surface area contributed by atoms with Crippen molar-refractivity contribution in [3.8, 4) is 0 Å². The van der Waals surface area contributed by atoms with Crippen molar-refractivity contribution in [1.82, 2.24) is 18.4 Å². The van der Waals surface area contributed by atoms with Crippen LogP contribution in [-0.2, 0) is 20.8 Å². The molecule has 7 nitrogen and oxygen atoms in total. The SMILES string of the molecule is CN1CCN(S(=O)(=O)N2CCN(C(=O)CSCc3ccc(Cl)cc3)CC2)CC1. The molecule has 10 heteroatoms. The van der Waals surface area contributed by atoms with E-state index in [0.29, 0.717) is 50.0 Å². The van der Waals surface area contributed by atoms with Crippen molar-refractivity contribution in [3.63, 3.8) is 0 Å². The first kappa shape index (κ1) is 21.9. The van der Waals surface area contributed by atoms with Gasteiger partial charge < -0.3 is 9.80 Å². The van der Waals surface area contributed by atoms with E-state index in [1.807, 2.05) is 31.3 Å². The Morgan fingerprint density at radius 2 is 1.50 bits per heavy atom. The van der Waals surface area contributed by atoms with Gasteiger partial charge in [0.2, 0.25) is 5.91 Å². The van der Waals surface area contributed by atoms with Crippen LogP contribution in [0.1, 0.15) is 5.56 Å². The van der Waals surface area contributed by atoms with E-state index in [1.54, 1.807) is 21.0 Å². The number of benzene rings is 1. The quantitative estimate of drug-likeness (QED) is 0.657. The number of hydrogen-bond acceptors (Lipinski definition) is 5. The highest BCUT2D eigenvalue weighted by atomic mass is 35.5. The lowest BCUT2D eigenvalue weighted by atomic mass is 10.2. The number of likely N-dealkylation sites (N-methyl/N-ethyl adjacent to an activating group) is 1. The fourth-order valence-electron chi connectivity index (χ4n) is 3.28. The fraction of sp³-hybridized carbons (Fsp3) is 0.611. The zero-order valence-corrected chi connectivity index (χ0v) is 18.5. The number of piperazine rings is 2. The van der Waals surface area contributed by atoms with Crippen molar-refractivity contribution in [3.05, 3.63) is 34.9 Å². The normalized spacial score (nSPS) is 20.4. The van der Waals surface area contributed by atoms with Crippen molar-refractivity contribution in [2.75, 3.05) is 65.2 Å². The predicted octanol–water partition coefficient (Wildman–Crippen LogP) is 1.21. The molecule has 28 heavy (non-hydrogen) atoms. The topological polar surface area (TPSA) is 64.2 Å². The molecule has 1 aromatic rings. The van der Waals surface area contributed by atoms with Gasteiger partial charge in [-0.2, -0.15) is 17.0 Å². The lowest BCUT2D eigenvalue weighted by Gasteiger charge is -2.39. The third-order valence-corrected chi connectivity index (χ3v) is 8.39. The van der Waals surface area contributed by atoms with Crippen LogP contribution in [0.15, 0.2) is 24.3 Å². The summed E-state index contributed by atoms with van der Waals surface area (Å²) in [6, 6.07) is 7.61. The highest BCUT2D eigenvalue weighted by molar-refractivity contribution is 7.99. The average Bonchev–Trinajstić information content (AvgIpc) is 2.70. The van der Waals surface area contributed by atoms with Gasteiger partial charge in [-0.1, -0.05) is 23.7 Å². The smallest absolute Gasteiger partial charge is 0.282 e. The van der Waals surface area contributed by atoms with Crippen LogP contribution < -0.4 is 0 Å². The number of rotatable bonds is 6. The van der Waals surface area contributed by atoms with E-state index in [2.05, 4.69) is 4.90 Å². The van der Waals surface area contributed by atoms with E-state index in [-0.39, 0.29) is 5.91 Å². The number of thioether (sulfide) groups is 1. The highest BCUT2D eigenvalue weighted by Gasteiger charge is 2.34. The molecule has 2 heterocycles. The van der Waals surface area contributed by atoms with Crippen LogP contribution in [0.4, 0.5) is 0 Å². The second kappa shape index (κ2) is 9.77. The number of halogens is 1. The van der Waals surface area contributed by atoms with Gasteiger partial charge in [0.15, 0.2) is 0 Å². The second-order valence-corrected chi connectivity index (χ2v) is 10.5. The Morgan fingerprint density at radius 1 is 0.964 bits per heavy atom. The van der Waals surface area contributed by atoms with Crippen molar-refractivity contribution in [1.29, 1.82) is 0 Å². The molecular weight excluding hydrogens is 420 g/mol. The van der Waals surface area contributed by atoms with Crippen molar-refractivity contribution >= 4 is 39.5 Å². The summed E-state index contributed by atoms with van der Waals surface area (Å²) in [4.78, 5) is 16.3. The van der Waals surface area contributed by atoms with Gasteiger partial charge in [0.25, 0.3) is 10.2 Å². The minimum atomic E-state index is -3.43. The first-order valence-corrected chi connectivity index (χ1v) is 12.3. The maximum atomic E-state index is 12.8. The second-order valence-electron chi connectivity index (χ2n) is 7.11. The molecule has 2 aliphatic rings. The van der Waals surface area contributed by atoms with E-state index < -0.39 is 10.2 Å². The van der Waals surface area contributed by atoms with Crippen LogP contribution in [0.5, 0.6) is 0 Å². The summed E-state index contributed by atoms with van der Waals surface area (Å²) < 4.78 is 28.7. The molecular formula is C18H27ClN4O3S2. The number of nitrogens with zero attached hydrogens (tertiary/aromatic N) is 4. The molecule has 3 rings (SSSR count). The van der Waals surface area contributed by atoms with Crippen LogP contribution in [0.3, 0.4) is 0 Å². The average molecular weight is 447 g/mol. The molecule has 1 amide bonds. The molecule has 0 N–H and O–H groups in total. The molecule has 2 saturated heterocycles. The van der Waals surface area contributed by atoms with E-state index >= 15 is 0 Å². The van der Waals surface area contributed by atoms with Crippen LogP contribution >= 0.6 is 23.4 Å². The molecule has 156 valence electrons. The van der Waals surface area contributed by atoms with Gasteiger partial charge in [0.1, 0.15) is 0 Å². The van der Waals surface area contributed by atoms with E-state index in [0.717, 1.165) is 24.4 Å². The molecule has 0 radical (unpaired) electrons. The molecule has 0 spiro atoms. The first-order chi connectivity index (χ1) is 13.4. The Kier molecular flexibility index (Phi) is 7.63. The summed E-state index contributed by atoms with van der Waals surface area (Å²) in [6.45, 7) is 4.19. The number of carbonyl (C=O) groups is 1. The van der Waals surface area contributed by atoms with E-state index in [4.69, 9.17) is 11.6 Å². The fourth-order valence-corrected chi connectivity index (χ4v) is 5.87. The van der Waals surface area contributed by atoms with E-state index in [1.165, 1.54) is 4.31 Å². The molecule has 1 aromatic carbocycles. The van der Waals surface area contributed by atoms with Crippen LogP contribution in [0.2, 0.25) is 5.02 Å². The zero-order chi connectivity index (χ0) is 20.1. The highest BCUT2D eigenvalue weighted by Crippen LogP contribution is 2.18. The molecule has 0 atom stereocenters. The van der Waals surface area contributed by atoms with Gasteiger partial charge in [-0.25, -0.2) is 0 Å².